The van der Waals surface area contributed by atoms with Crippen LogP contribution in [0.5, 0.6) is 0 Å². The van der Waals surface area contributed by atoms with E-state index in [-0.39, 0.29) is 0 Å². The van der Waals surface area contributed by atoms with Gasteiger partial charge in [0.2, 0.25) is 0 Å². The highest BCUT2D eigenvalue weighted by Gasteiger charge is 2.18. The number of nitrogens with one attached hydrogen (secondary N) is 1. The molecule has 0 unspecified atom stereocenters. The van der Waals surface area contributed by atoms with E-state index in [0.29, 0.717) is 23.0 Å². The number of para-hydroxylation sites is 1. The van der Waals surface area contributed by atoms with Gasteiger partial charge in [-0.1, -0.05) is 42.5 Å². The van der Waals surface area contributed by atoms with Crippen LogP contribution >= 0.6 is 0 Å². The molecular weight excluding hydrogens is 374 g/mol. The first-order chi connectivity index (χ1) is 14.6. The molecule has 30 heavy (non-hydrogen) atoms. The Morgan fingerprint density at radius 3 is 2.43 bits per heavy atom. The van der Waals surface area contributed by atoms with Gasteiger partial charge < -0.3 is 16.0 Å². The minimum Gasteiger partial charge on any atom is -0.399 e. The van der Waals surface area contributed by atoms with E-state index >= 15 is 0 Å². The van der Waals surface area contributed by atoms with Crippen LogP contribution in [0, 0.1) is 0 Å². The number of nitrogens with zero attached hydrogens (tertiary/aromatic N) is 5. The summed E-state index contributed by atoms with van der Waals surface area (Å²) in [5.41, 5.74) is 10.2. The number of fused-ring (bicyclic) bond motifs is 3. The fraction of sp³-hybridized carbons (Fsp3) is 0.0870. The first-order valence-corrected chi connectivity index (χ1v) is 9.65. The van der Waals surface area contributed by atoms with Crippen LogP contribution in [0.2, 0.25) is 0 Å². The zero-order valence-corrected chi connectivity index (χ0v) is 16.7. The molecule has 5 rings (SSSR count). The van der Waals surface area contributed by atoms with Gasteiger partial charge in [-0.2, -0.15) is 4.52 Å². The van der Waals surface area contributed by atoms with E-state index in [1.807, 2.05) is 80.8 Å². The predicted molar refractivity (Wildman–Crippen MR) is 122 cm³/mol. The Morgan fingerprint density at radius 1 is 0.867 bits per heavy atom. The molecule has 0 aliphatic rings. The normalized spacial score (nSPS) is 11.1. The lowest BCUT2D eigenvalue weighted by molar-refractivity contribution is 0.949. The van der Waals surface area contributed by atoms with Crippen LogP contribution in [0.3, 0.4) is 0 Å². The summed E-state index contributed by atoms with van der Waals surface area (Å²) in [5.74, 6) is 1.41. The lowest BCUT2D eigenvalue weighted by Crippen LogP contribution is -2.11. The van der Waals surface area contributed by atoms with Crippen LogP contribution in [-0.2, 0) is 0 Å². The van der Waals surface area contributed by atoms with Crippen molar-refractivity contribution in [2.45, 2.75) is 0 Å². The minimum atomic E-state index is 0.690. The average Bonchev–Trinajstić information content (AvgIpc) is 3.18. The number of rotatable bonds is 4. The Labute approximate surface area is 173 Å². The van der Waals surface area contributed by atoms with Gasteiger partial charge in [0, 0.05) is 47.5 Å². The zero-order chi connectivity index (χ0) is 20.7. The second kappa shape index (κ2) is 7.04. The summed E-state index contributed by atoms with van der Waals surface area (Å²) in [6.45, 7) is 0. The van der Waals surface area contributed by atoms with Gasteiger partial charge in [0.05, 0.1) is 0 Å². The number of anilines is 4. The van der Waals surface area contributed by atoms with Crippen molar-refractivity contribution in [3.63, 3.8) is 0 Å². The maximum absolute atomic E-state index is 5.95. The number of nitrogen functional groups attached to an aromatic ring is 1. The SMILES string of the molecule is CN(C)c1ccccc1-c1nnc2c3ccccc3c(Nc3cccc(N)c3)nn12. The predicted octanol–water partition coefficient (Wildman–Crippen LogP) is 4.34. The van der Waals surface area contributed by atoms with Gasteiger partial charge in [-0.05, 0) is 30.3 Å². The van der Waals surface area contributed by atoms with Gasteiger partial charge in [0.1, 0.15) is 0 Å². The number of nitrogens with two attached hydrogens (primary N) is 1. The van der Waals surface area contributed by atoms with E-state index in [2.05, 4.69) is 26.5 Å². The molecule has 2 aromatic heterocycles. The maximum atomic E-state index is 5.95. The highest BCUT2D eigenvalue weighted by Crippen LogP contribution is 2.32. The second-order valence-corrected chi connectivity index (χ2v) is 7.32. The Balaban J connectivity index is 1.76. The van der Waals surface area contributed by atoms with Crippen molar-refractivity contribution in [3.05, 3.63) is 72.8 Å². The summed E-state index contributed by atoms with van der Waals surface area (Å²) in [4.78, 5) is 2.06. The summed E-state index contributed by atoms with van der Waals surface area (Å²) < 4.78 is 1.80. The monoisotopic (exact) mass is 395 g/mol. The molecule has 0 amide bonds. The second-order valence-electron chi connectivity index (χ2n) is 7.32. The van der Waals surface area contributed by atoms with Gasteiger partial charge in [-0.15, -0.1) is 15.3 Å². The van der Waals surface area contributed by atoms with Crippen LogP contribution in [0.25, 0.3) is 27.8 Å². The molecule has 0 saturated carbocycles. The summed E-state index contributed by atoms with van der Waals surface area (Å²) >= 11 is 0. The van der Waals surface area contributed by atoms with Gasteiger partial charge in [0.15, 0.2) is 17.3 Å². The Hall–Kier alpha value is -4.13. The third-order valence-electron chi connectivity index (χ3n) is 5.04. The van der Waals surface area contributed by atoms with E-state index < -0.39 is 0 Å². The topological polar surface area (TPSA) is 84.4 Å². The first kappa shape index (κ1) is 17.9. The van der Waals surface area contributed by atoms with Gasteiger partial charge in [-0.25, -0.2) is 0 Å². The molecule has 0 saturated heterocycles. The largest absolute Gasteiger partial charge is 0.399 e. The van der Waals surface area contributed by atoms with Crippen molar-refractivity contribution in [1.82, 2.24) is 19.8 Å². The molecule has 0 bridgehead atoms. The fourth-order valence-electron chi connectivity index (χ4n) is 3.65. The molecule has 7 heteroatoms. The summed E-state index contributed by atoms with van der Waals surface area (Å²) in [6.07, 6.45) is 0. The van der Waals surface area contributed by atoms with Gasteiger partial charge in [0.25, 0.3) is 0 Å². The molecular formula is C23H21N7. The number of benzene rings is 3. The Bertz CT molecular complexity index is 1370. The molecule has 0 aliphatic carbocycles. The molecule has 0 fully saturated rings. The van der Waals surface area contributed by atoms with E-state index in [4.69, 9.17) is 10.8 Å². The minimum absolute atomic E-state index is 0.690. The number of hydrogen-bond acceptors (Lipinski definition) is 6. The summed E-state index contributed by atoms with van der Waals surface area (Å²) in [6, 6.07) is 23.8. The molecule has 7 nitrogen and oxygen atoms in total. The van der Waals surface area contributed by atoms with Crippen LogP contribution in [-0.4, -0.2) is 33.9 Å². The van der Waals surface area contributed by atoms with Crippen LogP contribution in [0.1, 0.15) is 0 Å². The van der Waals surface area contributed by atoms with Crippen molar-refractivity contribution >= 4 is 39.3 Å². The highest BCUT2D eigenvalue weighted by molar-refractivity contribution is 6.01. The van der Waals surface area contributed by atoms with E-state index in [1.54, 1.807) is 4.52 Å². The number of aromatic nitrogens is 4. The molecule has 0 spiro atoms. The van der Waals surface area contributed by atoms with Crippen molar-refractivity contribution in [2.24, 2.45) is 0 Å². The van der Waals surface area contributed by atoms with Crippen molar-refractivity contribution < 1.29 is 0 Å². The highest BCUT2D eigenvalue weighted by atomic mass is 15.4. The molecule has 3 N–H and O–H groups in total. The van der Waals surface area contributed by atoms with Crippen LogP contribution in [0.15, 0.2) is 72.8 Å². The molecule has 0 atom stereocenters. The Kier molecular flexibility index (Phi) is 4.21. The molecule has 0 aliphatic heterocycles. The molecule has 0 radical (unpaired) electrons. The molecule has 5 aromatic rings. The van der Waals surface area contributed by atoms with E-state index in [1.165, 1.54) is 0 Å². The van der Waals surface area contributed by atoms with Crippen LogP contribution < -0.4 is 16.0 Å². The van der Waals surface area contributed by atoms with Crippen LogP contribution in [0.4, 0.5) is 22.9 Å². The third-order valence-corrected chi connectivity index (χ3v) is 5.04. The van der Waals surface area contributed by atoms with E-state index in [0.717, 1.165) is 27.7 Å². The van der Waals surface area contributed by atoms with Gasteiger partial charge in [-0.3, -0.25) is 0 Å². The standard InChI is InChI=1S/C23H21N7/c1-29(2)20-13-6-5-12-19(20)23-27-26-22-18-11-4-3-10-17(18)21(28-30(22)23)25-16-9-7-8-15(24)14-16/h3-14H,24H2,1-2H3,(H,25,28). The zero-order valence-electron chi connectivity index (χ0n) is 16.7. The lowest BCUT2D eigenvalue weighted by atomic mass is 10.1. The van der Waals surface area contributed by atoms with E-state index in [9.17, 15) is 0 Å². The quantitative estimate of drug-likeness (QED) is 0.441. The summed E-state index contributed by atoms with van der Waals surface area (Å²) in [5, 5.41) is 19.2. The summed E-state index contributed by atoms with van der Waals surface area (Å²) in [7, 11) is 4.02. The molecule has 2 heterocycles. The Morgan fingerprint density at radius 2 is 1.63 bits per heavy atom. The first-order valence-electron chi connectivity index (χ1n) is 9.65. The molecule has 148 valence electrons. The molecule has 3 aromatic carbocycles. The lowest BCUT2D eigenvalue weighted by Gasteiger charge is -2.16. The third kappa shape index (κ3) is 2.97. The average molecular weight is 395 g/mol. The van der Waals surface area contributed by atoms with Crippen molar-refractivity contribution in [3.8, 4) is 11.4 Å². The number of hydrogen-bond donors (Lipinski definition) is 2. The van der Waals surface area contributed by atoms with Crippen molar-refractivity contribution in [1.29, 1.82) is 0 Å². The van der Waals surface area contributed by atoms with Gasteiger partial charge >= 0.3 is 0 Å². The maximum Gasteiger partial charge on any atom is 0.187 e. The smallest absolute Gasteiger partial charge is 0.187 e. The van der Waals surface area contributed by atoms with Crippen molar-refractivity contribution in [2.75, 3.05) is 30.0 Å². The fourth-order valence-corrected chi connectivity index (χ4v) is 3.65.